The van der Waals surface area contributed by atoms with E-state index in [0.717, 1.165) is 9.13 Å². The molecular weight excluding hydrogens is 267 g/mol. The van der Waals surface area contributed by atoms with E-state index in [1.54, 1.807) is 0 Å². The van der Waals surface area contributed by atoms with Crippen molar-refractivity contribution >= 4 is 5.97 Å². The summed E-state index contributed by atoms with van der Waals surface area (Å²) in [6, 6.07) is 7.81. The third kappa shape index (κ3) is 2.48. The summed E-state index contributed by atoms with van der Waals surface area (Å²) in [4.78, 5) is 10.9. The molecule has 0 spiro atoms. The average Bonchev–Trinajstić information content (AvgIpc) is 2.09. The summed E-state index contributed by atoms with van der Waals surface area (Å²) in [6.45, 7) is 0. The second-order valence-corrected chi connectivity index (χ2v) is 3.62. The minimum absolute atomic E-state index is 0.189. The van der Waals surface area contributed by atoms with Gasteiger partial charge < -0.3 is 4.74 Å². The van der Waals surface area contributed by atoms with E-state index in [-0.39, 0.29) is 5.97 Å². The summed E-state index contributed by atoms with van der Waals surface area (Å²) in [7, 11) is 1.40. The number of esters is 1. The molecule has 0 aliphatic heterocycles. The monoisotopic (exact) mass is 277 g/mol. The highest BCUT2D eigenvalue weighted by Gasteiger charge is 2.09. The number of rotatable bonds is 2. The van der Waals surface area contributed by atoms with E-state index in [1.807, 2.05) is 46.9 Å². The van der Waals surface area contributed by atoms with Gasteiger partial charge in [0.05, 0.1) is 13.5 Å². The van der Waals surface area contributed by atoms with E-state index in [9.17, 15) is 4.79 Å². The molecule has 1 aromatic carbocycles. The first-order valence-electron chi connectivity index (χ1n) is 3.56. The quantitative estimate of drug-likeness (QED) is 0.455. The Kier molecular flexibility index (Phi) is 3.52. The highest BCUT2D eigenvalue weighted by molar-refractivity contribution is 5.72. The van der Waals surface area contributed by atoms with Crippen LogP contribution in [0.1, 0.15) is 5.56 Å². The number of carbonyl (C=O) groups excluding carboxylic acids is 1. The standard InChI is InChI=1S/C9H10IO2/c1-12-9(11)6-7-4-2-3-5-8(7)10/h2-5,10H,6H2,1H3/q+1. The first kappa shape index (κ1) is 9.51. The highest BCUT2D eigenvalue weighted by atomic mass is 127. The maximum Gasteiger partial charge on any atom is 0.310 e. The van der Waals surface area contributed by atoms with Crippen LogP contribution in [0.15, 0.2) is 24.3 Å². The van der Waals surface area contributed by atoms with E-state index >= 15 is 0 Å². The predicted molar refractivity (Wildman–Crippen MR) is 42.3 cm³/mol. The number of ether oxygens (including phenoxy) is 1. The molecule has 0 aromatic heterocycles. The molecule has 0 radical (unpaired) electrons. The summed E-state index contributed by atoms with van der Waals surface area (Å²) >= 11 is 1.91. The van der Waals surface area contributed by atoms with Crippen LogP contribution in [0.5, 0.6) is 0 Å². The summed E-state index contributed by atoms with van der Waals surface area (Å²) in [5, 5.41) is 0. The SMILES string of the molecule is COC(=O)Cc1ccccc1[IH+]. The third-order valence-electron chi connectivity index (χ3n) is 1.54. The summed E-state index contributed by atoms with van der Waals surface area (Å²) in [6.07, 6.45) is 0.367. The van der Waals surface area contributed by atoms with Crippen molar-refractivity contribution in [2.24, 2.45) is 0 Å². The molecule has 1 rings (SSSR count). The van der Waals surface area contributed by atoms with Crippen LogP contribution in [0.4, 0.5) is 0 Å². The molecule has 0 N–H and O–H groups in total. The zero-order valence-corrected chi connectivity index (χ0v) is 9.07. The van der Waals surface area contributed by atoms with E-state index in [4.69, 9.17) is 0 Å². The van der Waals surface area contributed by atoms with Gasteiger partial charge in [-0.1, -0.05) is 18.2 Å². The van der Waals surface area contributed by atoms with Gasteiger partial charge in [-0.05, 0) is 6.07 Å². The maximum atomic E-state index is 10.9. The van der Waals surface area contributed by atoms with Crippen LogP contribution >= 0.6 is 0 Å². The van der Waals surface area contributed by atoms with E-state index < -0.39 is 0 Å². The molecule has 12 heavy (non-hydrogen) atoms. The first-order chi connectivity index (χ1) is 5.74. The molecule has 3 heteroatoms. The molecule has 0 amide bonds. The summed E-state index contributed by atoms with van der Waals surface area (Å²) in [5.74, 6) is -0.189. The van der Waals surface area contributed by atoms with E-state index in [0.29, 0.717) is 6.42 Å². The van der Waals surface area contributed by atoms with Crippen molar-refractivity contribution in [3.8, 4) is 0 Å². The van der Waals surface area contributed by atoms with Crippen LogP contribution in [0.25, 0.3) is 0 Å². The van der Waals surface area contributed by atoms with E-state index in [2.05, 4.69) is 4.74 Å². The summed E-state index contributed by atoms with van der Waals surface area (Å²) < 4.78 is 5.71. The van der Waals surface area contributed by atoms with Crippen LogP contribution in [-0.4, -0.2) is 13.1 Å². The Labute approximate surface area is 85.1 Å². The number of hydrogen-bond donors (Lipinski definition) is 0. The van der Waals surface area contributed by atoms with Gasteiger partial charge in [0.2, 0.25) is 0 Å². The Balaban J connectivity index is 2.75. The van der Waals surface area contributed by atoms with Gasteiger partial charge in [-0.3, -0.25) is 4.79 Å². The molecule has 0 bridgehead atoms. The van der Waals surface area contributed by atoms with Gasteiger partial charge in [0, 0.05) is 5.56 Å². The fraction of sp³-hybridized carbons (Fsp3) is 0.222. The van der Waals surface area contributed by atoms with Gasteiger partial charge in [-0.15, -0.1) is 0 Å². The first-order valence-corrected chi connectivity index (χ1v) is 4.72. The maximum absolute atomic E-state index is 10.9. The van der Waals surface area contributed by atoms with Crippen LogP contribution in [-0.2, 0) is 16.0 Å². The molecule has 0 unspecified atom stereocenters. The fourth-order valence-electron chi connectivity index (χ4n) is 0.878. The van der Waals surface area contributed by atoms with Crippen molar-refractivity contribution < 1.29 is 32.1 Å². The fourth-order valence-corrected chi connectivity index (χ4v) is 1.50. The van der Waals surface area contributed by atoms with Crippen molar-refractivity contribution in [2.75, 3.05) is 7.11 Å². The zero-order valence-electron chi connectivity index (χ0n) is 6.74. The second kappa shape index (κ2) is 4.45. The molecular formula is C9H10IO2+. The van der Waals surface area contributed by atoms with Crippen LogP contribution < -0.4 is 22.6 Å². The lowest BCUT2D eigenvalue weighted by atomic mass is 10.2. The van der Waals surface area contributed by atoms with Crippen LogP contribution in [0.3, 0.4) is 0 Å². The molecule has 64 valence electrons. The van der Waals surface area contributed by atoms with Crippen molar-refractivity contribution in [3.05, 3.63) is 33.4 Å². The van der Waals surface area contributed by atoms with Gasteiger partial charge in [0.15, 0.2) is 3.57 Å². The smallest absolute Gasteiger partial charge is 0.310 e. The van der Waals surface area contributed by atoms with Gasteiger partial charge in [-0.25, -0.2) is 0 Å². The topological polar surface area (TPSA) is 26.3 Å². The lowest BCUT2D eigenvalue weighted by molar-refractivity contribution is -0.329. The largest absolute Gasteiger partial charge is 0.469 e. The predicted octanol–water partition coefficient (Wildman–Crippen LogP) is -2.14. The Hall–Kier alpha value is -0.580. The number of hydrogen-bond acceptors (Lipinski definition) is 2. The molecule has 0 aliphatic rings. The number of benzene rings is 1. The molecule has 0 aliphatic carbocycles. The summed E-state index contributed by atoms with van der Waals surface area (Å²) in [5.41, 5.74) is 1.04. The van der Waals surface area contributed by atoms with Crippen LogP contribution in [0.2, 0.25) is 0 Å². The minimum atomic E-state index is -0.189. The van der Waals surface area contributed by atoms with Gasteiger partial charge >= 0.3 is 5.97 Å². The van der Waals surface area contributed by atoms with Crippen molar-refractivity contribution in [3.63, 3.8) is 0 Å². The zero-order chi connectivity index (χ0) is 8.97. The Morgan fingerprint density at radius 1 is 1.50 bits per heavy atom. The van der Waals surface area contributed by atoms with Gasteiger partial charge in [0.25, 0.3) is 22.6 Å². The average molecular weight is 277 g/mol. The van der Waals surface area contributed by atoms with Crippen molar-refractivity contribution in [1.29, 1.82) is 0 Å². The highest BCUT2D eigenvalue weighted by Crippen LogP contribution is 2.00. The van der Waals surface area contributed by atoms with Crippen LogP contribution in [0, 0.1) is 3.57 Å². The minimum Gasteiger partial charge on any atom is -0.469 e. The number of carbonyl (C=O) groups is 1. The lowest BCUT2D eigenvalue weighted by Crippen LogP contribution is -3.34. The van der Waals surface area contributed by atoms with Crippen molar-refractivity contribution in [2.45, 2.75) is 6.42 Å². The molecule has 0 saturated carbocycles. The third-order valence-corrected chi connectivity index (χ3v) is 2.67. The van der Waals surface area contributed by atoms with Gasteiger partial charge in [0.1, 0.15) is 0 Å². The number of methoxy groups -OCH3 is 1. The Morgan fingerprint density at radius 3 is 2.75 bits per heavy atom. The molecule has 1 aromatic rings. The molecule has 0 atom stereocenters. The molecule has 0 fully saturated rings. The molecule has 2 nitrogen and oxygen atoms in total. The Morgan fingerprint density at radius 2 is 2.17 bits per heavy atom. The normalized spacial score (nSPS) is 9.50. The van der Waals surface area contributed by atoms with E-state index in [1.165, 1.54) is 7.11 Å². The Bertz CT molecular complexity index is 284. The second-order valence-electron chi connectivity index (χ2n) is 2.36. The number of halogens is 1. The van der Waals surface area contributed by atoms with Gasteiger partial charge in [-0.2, -0.15) is 0 Å². The molecule has 0 saturated heterocycles. The van der Waals surface area contributed by atoms with Crippen molar-refractivity contribution in [1.82, 2.24) is 0 Å². The molecule has 0 heterocycles. The lowest BCUT2D eigenvalue weighted by Gasteiger charge is -1.97.